The molecule has 1 aromatic heterocycles. The van der Waals surface area contributed by atoms with Gasteiger partial charge in [0.15, 0.2) is 5.82 Å². The van der Waals surface area contributed by atoms with Gasteiger partial charge in [-0.15, -0.1) is 11.6 Å². The summed E-state index contributed by atoms with van der Waals surface area (Å²) in [6.07, 6.45) is 0. The Morgan fingerprint density at radius 1 is 1.43 bits per heavy atom. The third-order valence-electron chi connectivity index (χ3n) is 1.66. The van der Waals surface area contributed by atoms with E-state index in [-0.39, 0.29) is 5.88 Å². The van der Waals surface area contributed by atoms with E-state index in [9.17, 15) is 0 Å². The first kappa shape index (κ1) is 9.68. The lowest BCUT2D eigenvalue weighted by molar-refractivity contribution is 0.425. The van der Waals surface area contributed by atoms with Gasteiger partial charge in [0.2, 0.25) is 0 Å². The molecule has 0 aliphatic rings. The van der Waals surface area contributed by atoms with Gasteiger partial charge in [0.05, 0.1) is 5.88 Å². The molecule has 1 heterocycles. The molecule has 0 unspecified atom stereocenters. The average molecular weight is 274 g/mol. The molecule has 0 spiro atoms. The van der Waals surface area contributed by atoms with Crippen LogP contribution in [0.25, 0.3) is 11.5 Å². The quantitative estimate of drug-likeness (QED) is 0.789. The molecule has 2 aromatic rings. The van der Waals surface area contributed by atoms with E-state index in [0.717, 1.165) is 10.0 Å². The second-order valence-corrected chi connectivity index (χ2v) is 3.84. The fourth-order valence-corrected chi connectivity index (χ4v) is 1.55. The monoisotopic (exact) mass is 272 g/mol. The molecule has 0 bridgehead atoms. The zero-order valence-electron chi connectivity index (χ0n) is 7.08. The van der Waals surface area contributed by atoms with Gasteiger partial charge in [0, 0.05) is 10.0 Å². The topological polar surface area (TPSA) is 38.9 Å². The van der Waals surface area contributed by atoms with Crippen molar-refractivity contribution in [1.82, 2.24) is 10.1 Å². The molecule has 0 saturated carbocycles. The Morgan fingerprint density at radius 2 is 2.29 bits per heavy atom. The number of rotatable bonds is 2. The normalized spacial score (nSPS) is 10.4. The van der Waals surface area contributed by atoms with Crippen LogP contribution in [0.5, 0.6) is 0 Å². The summed E-state index contributed by atoms with van der Waals surface area (Å²) in [5, 5.41) is 3.71. The van der Waals surface area contributed by atoms with E-state index in [4.69, 9.17) is 16.1 Å². The highest BCUT2D eigenvalue weighted by atomic mass is 79.9. The lowest BCUT2D eigenvalue weighted by Crippen LogP contribution is -1.80. The summed E-state index contributed by atoms with van der Waals surface area (Å²) < 4.78 is 6.00. The number of nitrogens with zero attached hydrogens (tertiary/aromatic N) is 2. The van der Waals surface area contributed by atoms with E-state index in [0.29, 0.717) is 11.7 Å². The molecular formula is C9H6BrClN2O. The summed E-state index contributed by atoms with van der Waals surface area (Å²) in [6.45, 7) is 0. The zero-order valence-corrected chi connectivity index (χ0v) is 9.42. The molecule has 0 radical (unpaired) electrons. The van der Waals surface area contributed by atoms with Crippen molar-refractivity contribution in [1.29, 1.82) is 0 Å². The molecule has 5 heteroatoms. The second-order valence-electron chi connectivity index (χ2n) is 2.66. The van der Waals surface area contributed by atoms with Crippen LogP contribution in [-0.4, -0.2) is 10.1 Å². The largest absolute Gasteiger partial charge is 0.334 e. The maximum absolute atomic E-state index is 5.56. The molecule has 0 fully saturated rings. The lowest BCUT2D eigenvalue weighted by Gasteiger charge is -1.93. The molecule has 0 saturated heterocycles. The molecular weight excluding hydrogens is 267 g/mol. The first-order valence-corrected chi connectivity index (χ1v) is 5.27. The molecule has 3 nitrogen and oxygen atoms in total. The van der Waals surface area contributed by atoms with Crippen LogP contribution < -0.4 is 0 Å². The van der Waals surface area contributed by atoms with Crippen molar-refractivity contribution >= 4 is 27.5 Å². The van der Waals surface area contributed by atoms with Gasteiger partial charge < -0.3 is 4.52 Å². The molecule has 0 aliphatic carbocycles. The molecule has 0 atom stereocenters. The highest BCUT2D eigenvalue weighted by molar-refractivity contribution is 9.10. The van der Waals surface area contributed by atoms with E-state index < -0.39 is 0 Å². The summed E-state index contributed by atoms with van der Waals surface area (Å²) >= 11 is 8.93. The Morgan fingerprint density at radius 3 is 2.93 bits per heavy atom. The average Bonchev–Trinajstić information content (AvgIpc) is 2.66. The van der Waals surface area contributed by atoms with Crippen LogP contribution in [0.1, 0.15) is 5.82 Å². The maximum Gasteiger partial charge on any atom is 0.258 e. The van der Waals surface area contributed by atoms with Crippen molar-refractivity contribution in [3.05, 3.63) is 34.6 Å². The molecule has 0 N–H and O–H groups in total. The van der Waals surface area contributed by atoms with E-state index in [2.05, 4.69) is 26.1 Å². The summed E-state index contributed by atoms with van der Waals surface area (Å²) in [5.74, 6) is 1.25. The third kappa shape index (κ3) is 1.96. The van der Waals surface area contributed by atoms with Crippen molar-refractivity contribution in [2.75, 3.05) is 0 Å². The minimum Gasteiger partial charge on any atom is -0.334 e. The third-order valence-corrected chi connectivity index (χ3v) is 2.39. The van der Waals surface area contributed by atoms with Crippen LogP contribution in [0.4, 0.5) is 0 Å². The van der Waals surface area contributed by atoms with Crippen molar-refractivity contribution in [2.45, 2.75) is 5.88 Å². The minimum absolute atomic E-state index is 0.261. The van der Waals surface area contributed by atoms with Gasteiger partial charge in [-0.25, -0.2) is 0 Å². The summed E-state index contributed by atoms with van der Waals surface area (Å²) in [7, 11) is 0. The van der Waals surface area contributed by atoms with E-state index >= 15 is 0 Å². The second kappa shape index (κ2) is 4.11. The van der Waals surface area contributed by atoms with Gasteiger partial charge in [-0.2, -0.15) is 4.98 Å². The molecule has 0 aliphatic heterocycles. The molecule has 2 rings (SSSR count). The number of aromatic nitrogens is 2. The summed E-state index contributed by atoms with van der Waals surface area (Å²) in [6, 6.07) is 7.65. The Kier molecular flexibility index (Phi) is 2.84. The fraction of sp³-hybridized carbons (Fsp3) is 0.111. The van der Waals surface area contributed by atoms with Crippen LogP contribution >= 0.6 is 27.5 Å². The van der Waals surface area contributed by atoms with Crippen LogP contribution in [0.3, 0.4) is 0 Å². The van der Waals surface area contributed by atoms with Gasteiger partial charge in [-0.3, -0.25) is 0 Å². The van der Waals surface area contributed by atoms with Gasteiger partial charge in [-0.1, -0.05) is 27.2 Å². The Labute approximate surface area is 94.2 Å². The first-order chi connectivity index (χ1) is 6.79. The number of benzene rings is 1. The summed E-state index contributed by atoms with van der Waals surface area (Å²) in [5.41, 5.74) is 0.878. The standard InChI is InChI=1S/C9H6BrClN2O/c10-7-3-1-2-6(4-7)9-12-8(5-11)13-14-9/h1-4H,5H2. The Balaban J connectivity index is 2.39. The van der Waals surface area contributed by atoms with Gasteiger partial charge in [-0.05, 0) is 18.2 Å². The zero-order chi connectivity index (χ0) is 9.97. The van der Waals surface area contributed by atoms with Crippen molar-refractivity contribution < 1.29 is 4.52 Å². The Bertz CT molecular complexity index is 444. The van der Waals surface area contributed by atoms with Crippen LogP contribution in [0.15, 0.2) is 33.3 Å². The summed E-state index contributed by atoms with van der Waals surface area (Å²) in [4.78, 5) is 4.11. The van der Waals surface area contributed by atoms with Crippen LogP contribution in [-0.2, 0) is 5.88 Å². The minimum atomic E-state index is 0.261. The lowest BCUT2D eigenvalue weighted by atomic mass is 10.2. The fourth-order valence-electron chi connectivity index (χ4n) is 1.05. The van der Waals surface area contributed by atoms with Crippen LogP contribution in [0, 0.1) is 0 Å². The van der Waals surface area contributed by atoms with Gasteiger partial charge >= 0.3 is 0 Å². The van der Waals surface area contributed by atoms with Crippen molar-refractivity contribution in [2.24, 2.45) is 0 Å². The SMILES string of the molecule is ClCc1noc(-c2cccc(Br)c2)n1. The Hall–Kier alpha value is -0.870. The number of alkyl halides is 1. The van der Waals surface area contributed by atoms with E-state index in [1.807, 2.05) is 24.3 Å². The highest BCUT2D eigenvalue weighted by Crippen LogP contribution is 2.21. The number of hydrogen-bond donors (Lipinski definition) is 0. The number of halogens is 2. The molecule has 14 heavy (non-hydrogen) atoms. The predicted octanol–water partition coefficient (Wildman–Crippen LogP) is 3.24. The molecule has 1 aromatic carbocycles. The molecule has 72 valence electrons. The van der Waals surface area contributed by atoms with Crippen LogP contribution in [0.2, 0.25) is 0 Å². The highest BCUT2D eigenvalue weighted by Gasteiger charge is 2.07. The van der Waals surface area contributed by atoms with Gasteiger partial charge in [0.1, 0.15) is 0 Å². The van der Waals surface area contributed by atoms with E-state index in [1.165, 1.54) is 0 Å². The smallest absolute Gasteiger partial charge is 0.258 e. The predicted molar refractivity (Wildman–Crippen MR) is 57.0 cm³/mol. The van der Waals surface area contributed by atoms with Crippen molar-refractivity contribution in [3.8, 4) is 11.5 Å². The van der Waals surface area contributed by atoms with Crippen molar-refractivity contribution in [3.63, 3.8) is 0 Å². The molecule has 0 amide bonds. The number of hydrogen-bond acceptors (Lipinski definition) is 3. The van der Waals surface area contributed by atoms with Gasteiger partial charge in [0.25, 0.3) is 5.89 Å². The first-order valence-electron chi connectivity index (χ1n) is 3.94. The maximum atomic E-state index is 5.56. The van der Waals surface area contributed by atoms with E-state index in [1.54, 1.807) is 0 Å².